The topological polar surface area (TPSA) is 29.5 Å². The number of methoxy groups -OCH3 is 1. The van der Waals surface area contributed by atoms with Crippen molar-refractivity contribution in [2.24, 2.45) is 5.92 Å². The molecule has 98 valence electrons. The number of benzene rings is 1. The van der Waals surface area contributed by atoms with Gasteiger partial charge in [-0.25, -0.2) is 0 Å². The lowest BCUT2D eigenvalue weighted by atomic mass is 10.1. The van der Waals surface area contributed by atoms with Crippen LogP contribution >= 0.6 is 15.9 Å². The van der Waals surface area contributed by atoms with Crippen LogP contribution in [0.2, 0.25) is 0 Å². The average Bonchev–Trinajstić information content (AvgIpc) is 2.86. The Hall–Kier alpha value is -1.03. The van der Waals surface area contributed by atoms with E-state index in [0.29, 0.717) is 17.2 Å². The first-order chi connectivity index (χ1) is 8.65. The molecule has 1 aliphatic rings. The lowest BCUT2D eigenvalue weighted by molar-refractivity contribution is 0.0783. The van der Waals surface area contributed by atoms with Crippen LogP contribution in [0.5, 0.6) is 5.75 Å². The van der Waals surface area contributed by atoms with E-state index in [2.05, 4.69) is 22.9 Å². The third kappa shape index (κ3) is 2.69. The molecule has 0 saturated carbocycles. The van der Waals surface area contributed by atoms with Crippen LogP contribution in [-0.4, -0.2) is 31.0 Å². The lowest BCUT2D eigenvalue weighted by Gasteiger charge is -2.18. The number of hydrogen-bond donors (Lipinski definition) is 0. The molecule has 3 nitrogen and oxygen atoms in total. The molecule has 1 aromatic rings. The highest BCUT2D eigenvalue weighted by Crippen LogP contribution is 2.27. The number of nitrogens with zero attached hydrogens (tertiary/aromatic N) is 1. The number of halogens is 1. The smallest absolute Gasteiger partial charge is 0.257 e. The largest absolute Gasteiger partial charge is 0.496 e. The summed E-state index contributed by atoms with van der Waals surface area (Å²) in [5, 5.41) is 0. The van der Waals surface area contributed by atoms with Gasteiger partial charge in [0.05, 0.1) is 12.7 Å². The van der Waals surface area contributed by atoms with Gasteiger partial charge in [0.25, 0.3) is 5.91 Å². The van der Waals surface area contributed by atoms with E-state index >= 15 is 0 Å². The Morgan fingerprint density at radius 1 is 1.56 bits per heavy atom. The molecule has 1 aliphatic heterocycles. The van der Waals surface area contributed by atoms with Crippen molar-refractivity contribution in [1.29, 1.82) is 0 Å². The highest BCUT2D eigenvalue weighted by molar-refractivity contribution is 9.10. The van der Waals surface area contributed by atoms with E-state index in [4.69, 9.17) is 4.74 Å². The van der Waals surface area contributed by atoms with Crippen molar-refractivity contribution in [3.8, 4) is 5.75 Å². The van der Waals surface area contributed by atoms with Crippen LogP contribution in [0.1, 0.15) is 30.1 Å². The van der Waals surface area contributed by atoms with Gasteiger partial charge in [-0.2, -0.15) is 0 Å². The first-order valence-electron chi connectivity index (χ1n) is 6.28. The fraction of sp³-hybridized carbons (Fsp3) is 0.500. The molecule has 1 aromatic carbocycles. The van der Waals surface area contributed by atoms with Crippen LogP contribution < -0.4 is 4.74 Å². The second-order valence-electron chi connectivity index (χ2n) is 4.66. The first kappa shape index (κ1) is 13.4. The third-order valence-corrected chi connectivity index (χ3v) is 4.04. The zero-order valence-electron chi connectivity index (χ0n) is 10.8. The highest BCUT2D eigenvalue weighted by atomic mass is 79.9. The van der Waals surface area contributed by atoms with Gasteiger partial charge in [-0.05, 0) is 30.5 Å². The minimum absolute atomic E-state index is 0.0790. The Bertz CT molecular complexity index is 447. The van der Waals surface area contributed by atoms with E-state index in [1.165, 1.54) is 0 Å². The SMILES string of the molecule is CCC1CCN(C(=O)c2ccc(Br)cc2OC)C1. The van der Waals surface area contributed by atoms with Crippen LogP contribution in [0.25, 0.3) is 0 Å². The molecule has 0 aliphatic carbocycles. The molecule has 0 spiro atoms. The second-order valence-corrected chi connectivity index (χ2v) is 5.57. The molecule has 1 unspecified atom stereocenters. The zero-order valence-corrected chi connectivity index (χ0v) is 12.4. The van der Waals surface area contributed by atoms with E-state index in [0.717, 1.165) is 30.4 Å². The minimum Gasteiger partial charge on any atom is -0.496 e. The summed E-state index contributed by atoms with van der Waals surface area (Å²) in [6.07, 6.45) is 2.25. The van der Waals surface area contributed by atoms with Gasteiger partial charge < -0.3 is 9.64 Å². The number of ether oxygens (including phenoxy) is 1. The molecule has 1 atom stereocenters. The Balaban J connectivity index is 2.19. The maximum absolute atomic E-state index is 12.4. The monoisotopic (exact) mass is 311 g/mol. The van der Waals surface area contributed by atoms with E-state index in [1.54, 1.807) is 7.11 Å². The van der Waals surface area contributed by atoms with E-state index in [9.17, 15) is 4.79 Å². The predicted molar refractivity (Wildman–Crippen MR) is 75.0 cm³/mol. The number of amides is 1. The minimum atomic E-state index is 0.0790. The molecule has 18 heavy (non-hydrogen) atoms. The van der Waals surface area contributed by atoms with Gasteiger partial charge in [0.15, 0.2) is 0 Å². The van der Waals surface area contributed by atoms with Crippen LogP contribution in [-0.2, 0) is 0 Å². The second kappa shape index (κ2) is 5.74. The molecular formula is C14H18BrNO2. The number of carbonyl (C=O) groups is 1. The summed E-state index contributed by atoms with van der Waals surface area (Å²) in [6, 6.07) is 5.54. The van der Waals surface area contributed by atoms with Gasteiger partial charge in [-0.1, -0.05) is 29.3 Å². The molecule has 1 amide bonds. The average molecular weight is 312 g/mol. The summed E-state index contributed by atoms with van der Waals surface area (Å²) in [5.41, 5.74) is 0.650. The molecule has 4 heteroatoms. The van der Waals surface area contributed by atoms with Gasteiger partial charge in [-0.15, -0.1) is 0 Å². The standard InChI is InChI=1S/C14H18BrNO2/c1-3-10-6-7-16(9-10)14(17)12-5-4-11(15)8-13(12)18-2/h4-5,8,10H,3,6-7,9H2,1-2H3. The fourth-order valence-electron chi connectivity index (χ4n) is 2.36. The summed E-state index contributed by atoms with van der Waals surface area (Å²) in [5.74, 6) is 1.36. The number of rotatable bonds is 3. The van der Waals surface area contributed by atoms with E-state index in [-0.39, 0.29) is 5.91 Å². The molecule has 0 N–H and O–H groups in total. The van der Waals surface area contributed by atoms with Crippen molar-refractivity contribution in [1.82, 2.24) is 4.90 Å². The Labute approximate surface area is 116 Å². The number of hydrogen-bond acceptors (Lipinski definition) is 2. The molecule has 1 fully saturated rings. The molecule has 2 rings (SSSR count). The first-order valence-corrected chi connectivity index (χ1v) is 7.07. The van der Waals surface area contributed by atoms with Gasteiger partial charge >= 0.3 is 0 Å². The highest BCUT2D eigenvalue weighted by Gasteiger charge is 2.27. The third-order valence-electron chi connectivity index (χ3n) is 3.54. The summed E-state index contributed by atoms with van der Waals surface area (Å²) in [6.45, 7) is 3.91. The van der Waals surface area contributed by atoms with E-state index < -0.39 is 0 Å². The van der Waals surface area contributed by atoms with Gasteiger partial charge in [-0.3, -0.25) is 4.79 Å². The lowest BCUT2D eigenvalue weighted by Crippen LogP contribution is -2.29. The van der Waals surface area contributed by atoms with Gasteiger partial charge in [0.1, 0.15) is 5.75 Å². The molecule has 0 aromatic heterocycles. The van der Waals surface area contributed by atoms with Crippen molar-refractivity contribution in [3.63, 3.8) is 0 Å². The van der Waals surface area contributed by atoms with Crippen LogP contribution in [0.15, 0.2) is 22.7 Å². The maximum Gasteiger partial charge on any atom is 0.257 e. The Morgan fingerprint density at radius 2 is 2.33 bits per heavy atom. The Kier molecular flexibility index (Phi) is 4.27. The zero-order chi connectivity index (χ0) is 13.1. The summed E-state index contributed by atoms with van der Waals surface area (Å²) in [7, 11) is 1.59. The summed E-state index contributed by atoms with van der Waals surface area (Å²) in [4.78, 5) is 14.4. The Morgan fingerprint density at radius 3 is 2.94 bits per heavy atom. The van der Waals surface area contributed by atoms with E-state index in [1.807, 2.05) is 23.1 Å². The van der Waals surface area contributed by atoms with Crippen molar-refractivity contribution in [2.45, 2.75) is 19.8 Å². The van der Waals surface area contributed by atoms with Gasteiger partial charge in [0, 0.05) is 17.6 Å². The number of likely N-dealkylation sites (tertiary alicyclic amines) is 1. The molecule has 1 saturated heterocycles. The molecule has 0 radical (unpaired) electrons. The molecule has 1 heterocycles. The maximum atomic E-state index is 12.4. The van der Waals surface area contributed by atoms with Crippen molar-refractivity contribution in [2.75, 3.05) is 20.2 Å². The quantitative estimate of drug-likeness (QED) is 0.857. The summed E-state index contributed by atoms with van der Waals surface area (Å²) >= 11 is 3.39. The van der Waals surface area contributed by atoms with Crippen LogP contribution in [0, 0.1) is 5.92 Å². The van der Waals surface area contributed by atoms with Crippen molar-refractivity contribution < 1.29 is 9.53 Å². The normalized spacial score (nSPS) is 19.1. The van der Waals surface area contributed by atoms with Crippen LogP contribution in [0.3, 0.4) is 0 Å². The fourth-order valence-corrected chi connectivity index (χ4v) is 2.70. The molecular weight excluding hydrogens is 294 g/mol. The predicted octanol–water partition coefficient (Wildman–Crippen LogP) is 3.33. The van der Waals surface area contributed by atoms with Crippen LogP contribution in [0.4, 0.5) is 0 Å². The van der Waals surface area contributed by atoms with Crippen molar-refractivity contribution in [3.05, 3.63) is 28.2 Å². The molecule has 0 bridgehead atoms. The number of carbonyl (C=O) groups excluding carboxylic acids is 1. The summed E-state index contributed by atoms with van der Waals surface area (Å²) < 4.78 is 6.20. The van der Waals surface area contributed by atoms with Crippen molar-refractivity contribution >= 4 is 21.8 Å². The van der Waals surface area contributed by atoms with Gasteiger partial charge in [0.2, 0.25) is 0 Å².